The Morgan fingerprint density at radius 3 is 2.58 bits per heavy atom. The van der Waals surface area contributed by atoms with E-state index in [-0.39, 0.29) is 22.9 Å². The second-order valence-electron chi connectivity index (χ2n) is 11.4. The number of fused-ring (bicyclic) bond motifs is 1. The van der Waals surface area contributed by atoms with Crippen molar-refractivity contribution in [3.8, 4) is 22.9 Å². The fourth-order valence-electron chi connectivity index (χ4n) is 6.26. The van der Waals surface area contributed by atoms with Crippen LogP contribution in [-0.4, -0.2) is 34.6 Å². The monoisotopic (exact) mass is 559 g/mol. The lowest BCUT2D eigenvalue weighted by molar-refractivity contribution is 0.182. The molecule has 2 aliphatic rings. The van der Waals surface area contributed by atoms with E-state index in [1.807, 2.05) is 12.1 Å². The highest BCUT2D eigenvalue weighted by Crippen LogP contribution is 2.55. The highest BCUT2D eigenvalue weighted by Gasteiger charge is 2.52. The number of hydrogen-bond acceptors (Lipinski definition) is 7. The van der Waals surface area contributed by atoms with Gasteiger partial charge in [-0.25, -0.2) is 24.1 Å². The van der Waals surface area contributed by atoms with Crippen LogP contribution in [0.4, 0.5) is 4.39 Å². The number of aromatic amines is 1. The average Bonchev–Trinajstić information content (AvgIpc) is 3.49. The molecule has 0 bridgehead atoms. The minimum absolute atomic E-state index is 0.0335. The maximum atomic E-state index is 15.3. The lowest BCUT2D eigenvalue weighted by Gasteiger charge is -2.35. The van der Waals surface area contributed by atoms with Crippen LogP contribution < -0.4 is 5.76 Å². The van der Waals surface area contributed by atoms with Crippen molar-refractivity contribution in [2.75, 3.05) is 0 Å². The van der Waals surface area contributed by atoms with Crippen molar-refractivity contribution >= 4 is 22.8 Å². The van der Waals surface area contributed by atoms with Gasteiger partial charge in [0.05, 0.1) is 10.4 Å². The molecule has 9 nitrogen and oxygen atoms in total. The van der Waals surface area contributed by atoms with Crippen LogP contribution in [0.25, 0.3) is 34.1 Å². The van der Waals surface area contributed by atoms with E-state index in [0.29, 0.717) is 34.0 Å². The molecule has 0 aliphatic heterocycles. The number of rotatable bonds is 6. The highest BCUT2D eigenvalue weighted by molar-refractivity contribution is 6.30. The molecular weight excluding hydrogens is 533 g/mol. The van der Waals surface area contributed by atoms with E-state index < -0.39 is 11.2 Å². The minimum Gasteiger partial charge on any atom is -0.324 e. The van der Waals surface area contributed by atoms with E-state index >= 15 is 4.39 Å². The van der Waals surface area contributed by atoms with Gasteiger partial charge in [-0.15, -0.1) is 0 Å². The van der Waals surface area contributed by atoms with Crippen molar-refractivity contribution in [3.63, 3.8) is 0 Å². The number of benzene rings is 1. The van der Waals surface area contributed by atoms with Crippen molar-refractivity contribution in [1.29, 1.82) is 0 Å². The number of imidazole rings is 1. The number of H-pyrrole nitrogens is 1. The first-order valence-electron chi connectivity index (χ1n) is 13.6. The molecule has 2 fully saturated rings. The van der Waals surface area contributed by atoms with E-state index in [2.05, 4.69) is 26.6 Å². The van der Waals surface area contributed by atoms with Crippen LogP contribution in [0.2, 0.25) is 5.02 Å². The van der Waals surface area contributed by atoms with E-state index in [0.717, 1.165) is 37.0 Å². The molecule has 0 atom stereocenters. The lowest BCUT2D eigenvalue weighted by Crippen LogP contribution is -2.29. The van der Waals surface area contributed by atoms with Crippen LogP contribution in [-0.2, 0) is 12.0 Å². The minimum atomic E-state index is -0.711. The highest BCUT2D eigenvalue weighted by atomic mass is 35.5. The summed E-state index contributed by atoms with van der Waals surface area (Å²) in [5.41, 5.74) is 2.49. The zero-order valence-corrected chi connectivity index (χ0v) is 22.7. The Morgan fingerprint density at radius 2 is 1.88 bits per heavy atom. The average molecular weight is 560 g/mol. The largest absolute Gasteiger partial charge is 0.439 e. The van der Waals surface area contributed by atoms with Gasteiger partial charge in [0.25, 0.3) is 0 Å². The van der Waals surface area contributed by atoms with Gasteiger partial charge < -0.3 is 4.57 Å². The number of halogens is 2. The molecule has 11 heteroatoms. The van der Waals surface area contributed by atoms with Crippen LogP contribution in [0.1, 0.15) is 63.3 Å². The molecule has 2 saturated carbocycles. The summed E-state index contributed by atoms with van der Waals surface area (Å²) in [6.45, 7) is 3.01. The van der Waals surface area contributed by atoms with Gasteiger partial charge in [0.15, 0.2) is 5.65 Å². The molecule has 7 rings (SSSR count). The van der Waals surface area contributed by atoms with Crippen LogP contribution in [0, 0.1) is 11.2 Å². The molecule has 0 radical (unpaired) electrons. The molecule has 4 heterocycles. The van der Waals surface area contributed by atoms with Gasteiger partial charge in [-0.1, -0.05) is 61.1 Å². The van der Waals surface area contributed by atoms with Crippen LogP contribution in [0.15, 0.2) is 52.0 Å². The zero-order valence-electron chi connectivity index (χ0n) is 22.0. The smallest absolute Gasteiger partial charge is 0.324 e. The van der Waals surface area contributed by atoms with Crippen molar-refractivity contribution in [1.82, 2.24) is 34.6 Å². The Bertz CT molecular complexity index is 1800. The third-order valence-electron chi connectivity index (χ3n) is 8.40. The predicted molar refractivity (Wildman–Crippen MR) is 147 cm³/mol. The third-order valence-corrected chi connectivity index (χ3v) is 8.61. The molecule has 40 heavy (non-hydrogen) atoms. The molecule has 0 spiro atoms. The number of aromatic nitrogens is 7. The number of nitrogens with zero attached hydrogens (tertiary/aromatic N) is 6. The van der Waals surface area contributed by atoms with Crippen molar-refractivity contribution < 1.29 is 8.91 Å². The third kappa shape index (κ3) is 4.21. The van der Waals surface area contributed by atoms with Crippen LogP contribution >= 0.6 is 11.6 Å². The lowest BCUT2D eigenvalue weighted by atomic mass is 9.75. The van der Waals surface area contributed by atoms with E-state index in [1.165, 1.54) is 25.3 Å². The number of nitrogens with one attached hydrogen (secondary N) is 1. The Hall–Kier alpha value is -3.92. The molecule has 4 aromatic heterocycles. The second-order valence-corrected chi connectivity index (χ2v) is 11.8. The SMILES string of the molecule is CC1(Cn2c(C3(c4ccccc4F)CC3)nc3nc(-c4noc(=O)[nH]4)nc(-c4cncc(Cl)c4)c32)CCCCC1. The normalized spacial score (nSPS) is 17.8. The molecule has 0 saturated heterocycles. The summed E-state index contributed by atoms with van der Waals surface area (Å²) in [6, 6.07) is 8.73. The Balaban J connectivity index is 1.53. The summed E-state index contributed by atoms with van der Waals surface area (Å²) >= 11 is 6.36. The molecular formula is C29H27ClFN7O2. The zero-order chi connectivity index (χ0) is 27.5. The summed E-state index contributed by atoms with van der Waals surface area (Å²) in [4.78, 5) is 33.3. The summed E-state index contributed by atoms with van der Waals surface area (Å²) in [5, 5.41) is 4.26. The maximum Gasteiger partial charge on any atom is 0.439 e. The molecule has 2 aliphatic carbocycles. The summed E-state index contributed by atoms with van der Waals surface area (Å²) in [7, 11) is 0. The molecule has 5 aromatic rings. The van der Waals surface area contributed by atoms with Gasteiger partial charge in [0.1, 0.15) is 22.9 Å². The van der Waals surface area contributed by atoms with Crippen molar-refractivity contribution in [3.05, 3.63) is 75.5 Å². The van der Waals surface area contributed by atoms with Crippen LogP contribution in [0.5, 0.6) is 0 Å². The van der Waals surface area contributed by atoms with Crippen molar-refractivity contribution in [2.45, 2.75) is 63.8 Å². The fraction of sp³-hybridized carbons (Fsp3) is 0.379. The Labute approximate surface area is 233 Å². The Kier molecular flexibility index (Phi) is 5.85. The fourth-order valence-corrected chi connectivity index (χ4v) is 6.44. The first kappa shape index (κ1) is 25.1. The summed E-state index contributed by atoms with van der Waals surface area (Å²) in [5.74, 6) is 0.0693. The van der Waals surface area contributed by atoms with Gasteiger partial charge >= 0.3 is 5.76 Å². The first-order valence-corrected chi connectivity index (χ1v) is 13.9. The van der Waals surface area contributed by atoms with Gasteiger partial charge in [-0.2, -0.15) is 0 Å². The second kappa shape index (κ2) is 9.33. The molecule has 1 aromatic carbocycles. The summed E-state index contributed by atoms with van der Waals surface area (Å²) < 4.78 is 22.2. The molecule has 0 unspecified atom stereocenters. The van der Waals surface area contributed by atoms with E-state index in [9.17, 15) is 4.79 Å². The topological polar surface area (TPSA) is 115 Å². The number of hydrogen-bond donors (Lipinski definition) is 1. The molecule has 0 amide bonds. The molecule has 204 valence electrons. The molecule has 1 N–H and O–H groups in total. The summed E-state index contributed by atoms with van der Waals surface area (Å²) in [6.07, 6.45) is 10.5. The maximum absolute atomic E-state index is 15.3. The number of pyridine rings is 1. The quantitative estimate of drug-likeness (QED) is 0.268. The van der Waals surface area contributed by atoms with Crippen molar-refractivity contribution in [2.24, 2.45) is 5.41 Å². The van der Waals surface area contributed by atoms with Crippen LogP contribution in [0.3, 0.4) is 0 Å². The van der Waals surface area contributed by atoms with Gasteiger partial charge in [-0.3, -0.25) is 14.5 Å². The standard InChI is InChI=1S/C29H27ClFN7O2/c1-28(9-5-2-6-10-28)16-38-22-21(17-13-18(30)15-32-14-17)33-24(25-36-27(39)40-37-25)34-23(22)35-26(38)29(11-12-29)19-7-3-4-8-20(19)31/h3-4,7-8,13-15H,2,5-6,9-12,16H2,1H3,(H,36,37,39). The predicted octanol–water partition coefficient (Wildman–Crippen LogP) is 6.07. The Morgan fingerprint density at radius 1 is 1.07 bits per heavy atom. The van der Waals surface area contributed by atoms with Gasteiger partial charge in [0, 0.05) is 30.1 Å². The van der Waals surface area contributed by atoms with Gasteiger partial charge in [0.2, 0.25) is 11.6 Å². The van der Waals surface area contributed by atoms with E-state index in [4.69, 9.17) is 31.1 Å². The first-order chi connectivity index (χ1) is 19.4. The van der Waals surface area contributed by atoms with Gasteiger partial charge in [-0.05, 0) is 43.2 Å². The van der Waals surface area contributed by atoms with E-state index in [1.54, 1.807) is 24.5 Å².